The number of primary amides is 1. The first kappa shape index (κ1) is 28.6. The summed E-state index contributed by atoms with van der Waals surface area (Å²) in [6.45, 7) is 3.98. The van der Waals surface area contributed by atoms with Crippen LogP contribution in [0.5, 0.6) is 5.75 Å². The van der Waals surface area contributed by atoms with E-state index in [4.69, 9.17) is 10.5 Å². The normalized spacial score (nSPS) is 16.2. The Hall–Kier alpha value is -3.95. The number of ether oxygens (including phenoxy) is 1. The molecular formula is C26H30N8O5S2. The number of benzene rings is 1. The van der Waals surface area contributed by atoms with Crippen LogP contribution in [0.2, 0.25) is 0 Å². The minimum Gasteiger partial charge on any atom is -0.494 e. The zero-order valence-corrected chi connectivity index (χ0v) is 24.2. The molecule has 0 bridgehead atoms. The molecular weight excluding hydrogens is 568 g/mol. The van der Waals surface area contributed by atoms with E-state index in [9.17, 15) is 18.6 Å². The number of aromatic nitrogens is 3. The maximum Gasteiger partial charge on any atom is 0.271 e. The van der Waals surface area contributed by atoms with E-state index in [0.717, 1.165) is 12.8 Å². The smallest absolute Gasteiger partial charge is 0.271 e. The van der Waals surface area contributed by atoms with Crippen LogP contribution in [0.4, 0.5) is 17.2 Å². The molecule has 3 heterocycles. The predicted molar refractivity (Wildman–Crippen MR) is 155 cm³/mol. The SMILES string of the molecule is CCS(=O)N1CCN(C(=O)c2cnc(-c3cccc(Nc4cc(NC(=O)C5CC5)nnc4C(N)=O)c3OC)s2)CC1. The summed E-state index contributed by atoms with van der Waals surface area (Å²) >= 11 is 1.24. The molecule has 41 heavy (non-hydrogen) atoms. The number of piperazine rings is 1. The largest absolute Gasteiger partial charge is 0.494 e. The number of carbonyl (C=O) groups excluding carboxylic acids is 3. The summed E-state index contributed by atoms with van der Waals surface area (Å²) < 4.78 is 19.7. The second kappa shape index (κ2) is 12.3. The van der Waals surface area contributed by atoms with Gasteiger partial charge in [-0.1, -0.05) is 13.0 Å². The van der Waals surface area contributed by atoms with Crippen molar-refractivity contribution in [3.63, 3.8) is 0 Å². The maximum atomic E-state index is 13.2. The molecule has 1 saturated carbocycles. The number of carbonyl (C=O) groups is 3. The summed E-state index contributed by atoms with van der Waals surface area (Å²) in [6.07, 6.45) is 3.20. The van der Waals surface area contributed by atoms with Crippen LogP contribution in [0.1, 0.15) is 39.9 Å². The zero-order chi connectivity index (χ0) is 29.1. The number of hydrogen-bond donors (Lipinski definition) is 3. The second-order valence-electron chi connectivity index (χ2n) is 9.49. The average molecular weight is 599 g/mol. The summed E-state index contributed by atoms with van der Waals surface area (Å²) in [4.78, 5) is 44.2. The van der Waals surface area contributed by atoms with E-state index in [2.05, 4.69) is 25.8 Å². The molecule has 2 aliphatic rings. The van der Waals surface area contributed by atoms with E-state index in [1.165, 1.54) is 24.5 Å². The molecule has 1 unspecified atom stereocenters. The molecule has 3 aromatic rings. The molecule has 13 nitrogen and oxygen atoms in total. The number of nitrogens with two attached hydrogens (primary N) is 1. The number of nitrogens with one attached hydrogen (secondary N) is 2. The van der Waals surface area contributed by atoms with Crippen molar-refractivity contribution in [1.82, 2.24) is 24.4 Å². The Balaban J connectivity index is 1.37. The number of para-hydroxylation sites is 1. The van der Waals surface area contributed by atoms with Crippen molar-refractivity contribution in [3.8, 4) is 16.3 Å². The second-order valence-corrected chi connectivity index (χ2v) is 12.3. The van der Waals surface area contributed by atoms with Gasteiger partial charge in [0, 0.05) is 43.9 Å². The van der Waals surface area contributed by atoms with Crippen molar-refractivity contribution >= 4 is 57.2 Å². The van der Waals surface area contributed by atoms with E-state index in [-0.39, 0.29) is 34.9 Å². The van der Waals surface area contributed by atoms with E-state index in [1.54, 1.807) is 23.2 Å². The molecule has 5 rings (SSSR count). The van der Waals surface area contributed by atoms with Crippen LogP contribution in [-0.2, 0) is 15.8 Å². The number of nitrogens with zero attached hydrogens (tertiary/aromatic N) is 5. The highest BCUT2D eigenvalue weighted by atomic mass is 32.2. The molecule has 2 fully saturated rings. The number of amides is 3. The van der Waals surface area contributed by atoms with Gasteiger partial charge in [0.15, 0.2) is 17.3 Å². The first-order valence-corrected chi connectivity index (χ1v) is 15.2. The summed E-state index contributed by atoms with van der Waals surface area (Å²) in [7, 11) is 0.483. The van der Waals surface area contributed by atoms with Gasteiger partial charge in [0.2, 0.25) is 5.91 Å². The third kappa shape index (κ3) is 6.36. The van der Waals surface area contributed by atoms with Crippen LogP contribution in [0.25, 0.3) is 10.6 Å². The lowest BCUT2D eigenvalue weighted by Gasteiger charge is -2.33. The lowest BCUT2D eigenvalue weighted by atomic mass is 10.1. The monoisotopic (exact) mass is 598 g/mol. The molecule has 2 aromatic heterocycles. The first-order chi connectivity index (χ1) is 19.8. The molecule has 1 saturated heterocycles. The van der Waals surface area contributed by atoms with Crippen molar-refractivity contribution in [3.05, 3.63) is 41.0 Å². The number of methoxy groups -OCH3 is 1. The van der Waals surface area contributed by atoms with Gasteiger partial charge < -0.3 is 26.0 Å². The highest BCUT2D eigenvalue weighted by Crippen LogP contribution is 2.40. The number of thiazole rings is 1. The van der Waals surface area contributed by atoms with Gasteiger partial charge in [-0.3, -0.25) is 14.4 Å². The summed E-state index contributed by atoms with van der Waals surface area (Å²) in [5.74, 6) is 0.0673. The molecule has 1 aliphatic carbocycles. The Bertz CT molecular complexity index is 1500. The van der Waals surface area contributed by atoms with Crippen molar-refractivity contribution in [1.29, 1.82) is 0 Å². The van der Waals surface area contributed by atoms with E-state index in [0.29, 0.717) is 58.8 Å². The third-order valence-corrected chi connectivity index (χ3v) is 9.18. The first-order valence-electron chi connectivity index (χ1n) is 13.1. The predicted octanol–water partition coefficient (Wildman–Crippen LogP) is 2.24. The molecule has 3 amide bonds. The Labute approximate surface area is 243 Å². The minimum absolute atomic E-state index is 0.0351. The fraction of sp³-hybridized carbons (Fsp3) is 0.385. The van der Waals surface area contributed by atoms with E-state index >= 15 is 0 Å². The van der Waals surface area contributed by atoms with Crippen molar-refractivity contribution < 1.29 is 23.3 Å². The Morgan fingerprint density at radius 1 is 1.15 bits per heavy atom. The highest BCUT2D eigenvalue weighted by Gasteiger charge is 2.30. The van der Waals surface area contributed by atoms with Crippen LogP contribution in [-0.4, -0.2) is 85.4 Å². The quantitative estimate of drug-likeness (QED) is 0.316. The van der Waals surface area contributed by atoms with Gasteiger partial charge in [0.1, 0.15) is 9.88 Å². The van der Waals surface area contributed by atoms with Crippen LogP contribution < -0.4 is 21.1 Å². The van der Waals surface area contributed by atoms with Gasteiger partial charge in [-0.05, 0) is 25.0 Å². The molecule has 0 spiro atoms. The average Bonchev–Trinajstić information content (AvgIpc) is 3.73. The number of anilines is 3. The number of rotatable bonds is 10. The lowest BCUT2D eigenvalue weighted by Crippen LogP contribution is -2.49. The summed E-state index contributed by atoms with van der Waals surface area (Å²) in [6, 6.07) is 6.84. The molecule has 1 atom stereocenters. The molecule has 4 N–H and O–H groups in total. The molecule has 0 radical (unpaired) electrons. The van der Waals surface area contributed by atoms with Crippen LogP contribution in [0, 0.1) is 5.92 Å². The van der Waals surface area contributed by atoms with Crippen LogP contribution in [0.15, 0.2) is 30.5 Å². The fourth-order valence-electron chi connectivity index (χ4n) is 4.40. The van der Waals surface area contributed by atoms with Gasteiger partial charge in [0.05, 0.1) is 41.2 Å². The van der Waals surface area contributed by atoms with E-state index < -0.39 is 16.9 Å². The van der Waals surface area contributed by atoms with Gasteiger partial charge >= 0.3 is 0 Å². The summed E-state index contributed by atoms with van der Waals surface area (Å²) in [5.41, 5.74) is 6.79. The summed E-state index contributed by atoms with van der Waals surface area (Å²) in [5, 5.41) is 14.3. The Morgan fingerprint density at radius 2 is 1.90 bits per heavy atom. The maximum absolute atomic E-state index is 13.2. The van der Waals surface area contributed by atoms with Crippen molar-refractivity contribution in [2.75, 3.05) is 49.7 Å². The molecule has 1 aliphatic heterocycles. The van der Waals surface area contributed by atoms with Gasteiger partial charge in [0.25, 0.3) is 11.8 Å². The van der Waals surface area contributed by atoms with Crippen LogP contribution >= 0.6 is 11.3 Å². The lowest BCUT2D eigenvalue weighted by molar-refractivity contribution is -0.117. The van der Waals surface area contributed by atoms with Gasteiger partial charge in [-0.15, -0.1) is 21.5 Å². The topological polar surface area (TPSA) is 173 Å². The van der Waals surface area contributed by atoms with Crippen molar-refractivity contribution in [2.45, 2.75) is 19.8 Å². The van der Waals surface area contributed by atoms with Crippen molar-refractivity contribution in [2.24, 2.45) is 11.7 Å². The fourth-order valence-corrected chi connectivity index (χ4v) is 6.25. The zero-order valence-electron chi connectivity index (χ0n) is 22.6. The number of hydrogen-bond acceptors (Lipinski definition) is 10. The standard InChI is InChI=1S/C26H30N8O5S2/c1-3-41(38)34-11-9-33(10-12-34)26(37)19-14-28-25(40-19)16-5-4-6-17(22(16)39-2)29-18-13-20(30-24(36)15-7-8-15)31-32-21(18)23(27)35/h4-6,13-15H,3,7-12H2,1-2H3,(H2,27,35)(H2,29,30,31,36). The highest BCUT2D eigenvalue weighted by molar-refractivity contribution is 7.82. The molecule has 1 aromatic carbocycles. The van der Waals surface area contributed by atoms with Gasteiger partial charge in [-0.25, -0.2) is 13.5 Å². The molecule has 216 valence electrons. The van der Waals surface area contributed by atoms with Gasteiger partial charge in [-0.2, -0.15) is 0 Å². The Kier molecular flexibility index (Phi) is 8.56. The van der Waals surface area contributed by atoms with E-state index in [1.807, 2.05) is 17.3 Å². The minimum atomic E-state index is -1.02. The van der Waals surface area contributed by atoms with Crippen LogP contribution in [0.3, 0.4) is 0 Å². The molecule has 15 heteroatoms. The third-order valence-electron chi connectivity index (χ3n) is 6.72. The Morgan fingerprint density at radius 3 is 2.56 bits per heavy atom.